The Morgan fingerprint density at radius 3 is 2.59 bits per heavy atom. The van der Waals surface area contributed by atoms with Gasteiger partial charge in [-0.2, -0.15) is 0 Å². The minimum atomic E-state index is -0.113. The van der Waals surface area contributed by atoms with Crippen LogP contribution in [0.4, 0.5) is 0 Å². The Morgan fingerprint density at radius 1 is 1.15 bits per heavy atom. The quantitative estimate of drug-likeness (QED) is 0.614. The molecule has 0 aliphatic carbocycles. The molecule has 1 heterocycles. The topological polar surface area (TPSA) is 62.3 Å². The number of hydrogen-bond donors (Lipinski definition) is 1. The highest BCUT2D eigenvalue weighted by molar-refractivity contribution is 8.01. The lowest BCUT2D eigenvalue weighted by Crippen LogP contribution is -2.26. The minimum Gasteiger partial charge on any atom is -0.355 e. The maximum atomic E-state index is 12.4. The number of benzene rings is 2. The highest BCUT2D eigenvalue weighted by Gasteiger charge is 2.11. The summed E-state index contributed by atoms with van der Waals surface area (Å²) < 4.78 is 2.17. The van der Waals surface area contributed by atoms with Crippen molar-refractivity contribution in [1.82, 2.24) is 15.2 Å². The maximum Gasteiger partial charge on any atom is 0.251 e. The van der Waals surface area contributed by atoms with Crippen molar-refractivity contribution in [3.63, 3.8) is 0 Å². The highest BCUT2D eigenvalue weighted by Crippen LogP contribution is 2.29. The first-order chi connectivity index (χ1) is 13.1. The second-order valence-electron chi connectivity index (χ2n) is 6.07. The van der Waals surface area contributed by atoms with Crippen LogP contribution in [0.3, 0.4) is 0 Å². The number of carbonyl (C=O) groups is 2. The smallest absolute Gasteiger partial charge is 0.251 e. The van der Waals surface area contributed by atoms with E-state index in [1.165, 1.54) is 4.70 Å². The van der Waals surface area contributed by atoms with Crippen LogP contribution >= 0.6 is 23.1 Å². The summed E-state index contributed by atoms with van der Waals surface area (Å²) in [6.07, 6.45) is 0.466. The van der Waals surface area contributed by atoms with Crippen molar-refractivity contribution in [3.8, 4) is 0 Å². The van der Waals surface area contributed by atoms with Crippen LogP contribution in [0.15, 0.2) is 52.9 Å². The molecule has 2 amide bonds. The van der Waals surface area contributed by atoms with E-state index >= 15 is 0 Å². The van der Waals surface area contributed by atoms with Crippen LogP contribution < -0.4 is 5.32 Å². The minimum absolute atomic E-state index is 0.0963. The fraction of sp³-hybridized carbons (Fsp3) is 0.250. The summed E-state index contributed by atoms with van der Waals surface area (Å²) in [5.74, 6) is 0.690. The molecule has 0 aliphatic heterocycles. The van der Waals surface area contributed by atoms with Crippen molar-refractivity contribution in [2.75, 3.05) is 19.8 Å². The SMILES string of the molecule is CNC(=O)c1ccc(CN(C)C(=O)CCSc2nc3ccccc3s2)cc1. The highest BCUT2D eigenvalue weighted by atomic mass is 32.2. The normalized spacial score (nSPS) is 10.7. The number of thioether (sulfide) groups is 1. The lowest BCUT2D eigenvalue weighted by atomic mass is 10.1. The Labute approximate surface area is 166 Å². The monoisotopic (exact) mass is 399 g/mol. The first kappa shape index (κ1) is 19.4. The Hall–Kier alpha value is -2.38. The van der Waals surface area contributed by atoms with Gasteiger partial charge in [0.25, 0.3) is 5.91 Å². The van der Waals surface area contributed by atoms with Gasteiger partial charge in [-0.3, -0.25) is 9.59 Å². The summed E-state index contributed by atoms with van der Waals surface area (Å²) in [4.78, 5) is 30.2. The second kappa shape index (κ2) is 9.01. The van der Waals surface area contributed by atoms with E-state index in [4.69, 9.17) is 0 Å². The number of amides is 2. The van der Waals surface area contributed by atoms with Gasteiger partial charge >= 0.3 is 0 Å². The predicted octanol–water partition coefficient (Wildman–Crippen LogP) is 3.80. The van der Waals surface area contributed by atoms with E-state index in [-0.39, 0.29) is 11.8 Å². The standard InChI is InChI=1S/C20H21N3O2S2/c1-21-19(25)15-9-7-14(8-10-15)13-23(2)18(24)11-12-26-20-22-16-5-3-4-6-17(16)27-20/h3-10H,11-13H2,1-2H3,(H,21,25). The molecule has 1 N–H and O–H groups in total. The first-order valence-electron chi connectivity index (χ1n) is 8.60. The third-order valence-corrected chi connectivity index (χ3v) is 6.29. The van der Waals surface area contributed by atoms with E-state index in [1.54, 1.807) is 54.2 Å². The number of fused-ring (bicyclic) bond motifs is 1. The van der Waals surface area contributed by atoms with Crippen LogP contribution in [-0.2, 0) is 11.3 Å². The molecule has 0 bridgehead atoms. The number of nitrogens with zero attached hydrogens (tertiary/aromatic N) is 2. The van der Waals surface area contributed by atoms with Crippen molar-refractivity contribution in [2.24, 2.45) is 0 Å². The molecule has 0 radical (unpaired) electrons. The number of rotatable bonds is 7. The largest absolute Gasteiger partial charge is 0.355 e. The molecule has 0 saturated heterocycles. The van der Waals surface area contributed by atoms with E-state index in [9.17, 15) is 9.59 Å². The Balaban J connectivity index is 1.48. The van der Waals surface area contributed by atoms with Crippen LogP contribution in [-0.4, -0.2) is 41.5 Å². The molecule has 0 saturated carbocycles. The van der Waals surface area contributed by atoms with Crippen LogP contribution in [0.1, 0.15) is 22.3 Å². The van der Waals surface area contributed by atoms with Crippen LogP contribution in [0.5, 0.6) is 0 Å². The molecule has 3 aromatic rings. The summed E-state index contributed by atoms with van der Waals surface area (Å²) in [7, 11) is 3.41. The van der Waals surface area contributed by atoms with Crippen molar-refractivity contribution >= 4 is 45.1 Å². The van der Waals surface area contributed by atoms with Gasteiger partial charge in [-0.15, -0.1) is 11.3 Å². The van der Waals surface area contributed by atoms with Gasteiger partial charge in [-0.05, 0) is 29.8 Å². The summed E-state index contributed by atoms with van der Waals surface area (Å²) >= 11 is 3.28. The van der Waals surface area contributed by atoms with Crippen molar-refractivity contribution in [1.29, 1.82) is 0 Å². The summed E-state index contributed by atoms with van der Waals surface area (Å²) in [6.45, 7) is 0.526. The van der Waals surface area contributed by atoms with E-state index in [0.29, 0.717) is 24.3 Å². The van der Waals surface area contributed by atoms with Gasteiger partial charge in [0.15, 0.2) is 4.34 Å². The molecule has 7 heteroatoms. The molecule has 27 heavy (non-hydrogen) atoms. The van der Waals surface area contributed by atoms with Crippen molar-refractivity contribution in [2.45, 2.75) is 17.3 Å². The summed E-state index contributed by atoms with van der Waals surface area (Å²) in [5.41, 5.74) is 2.62. The molecule has 0 unspecified atom stereocenters. The number of aromatic nitrogens is 1. The number of nitrogens with one attached hydrogen (secondary N) is 1. The molecule has 0 aliphatic rings. The molecular formula is C20H21N3O2S2. The first-order valence-corrected chi connectivity index (χ1v) is 10.4. The van der Waals surface area contributed by atoms with Crippen LogP contribution in [0.25, 0.3) is 10.2 Å². The molecule has 2 aromatic carbocycles. The maximum absolute atomic E-state index is 12.4. The number of para-hydroxylation sites is 1. The van der Waals surface area contributed by atoms with E-state index in [1.807, 2.05) is 30.3 Å². The van der Waals surface area contributed by atoms with Gasteiger partial charge in [0.2, 0.25) is 5.91 Å². The number of carbonyl (C=O) groups excluding carboxylic acids is 2. The van der Waals surface area contributed by atoms with Gasteiger partial charge in [-0.25, -0.2) is 4.98 Å². The zero-order chi connectivity index (χ0) is 19.2. The zero-order valence-corrected chi connectivity index (χ0v) is 16.9. The summed E-state index contributed by atoms with van der Waals surface area (Å²) in [6, 6.07) is 15.4. The fourth-order valence-electron chi connectivity index (χ4n) is 2.60. The van der Waals surface area contributed by atoms with Gasteiger partial charge in [0.1, 0.15) is 0 Å². The Bertz CT molecular complexity index is 905. The van der Waals surface area contributed by atoms with Crippen LogP contribution in [0.2, 0.25) is 0 Å². The fourth-order valence-corrected chi connectivity index (χ4v) is 4.66. The molecular weight excluding hydrogens is 378 g/mol. The van der Waals surface area contributed by atoms with Gasteiger partial charge in [0, 0.05) is 38.4 Å². The van der Waals surface area contributed by atoms with Crippen LogP contribution in [0, 0.1) is 0 Å². The van der Waals surface area contributed by atoms with Gasteiger partial charge in [-0.1, -0.05) is 36.0 Å². The third-order valence-electron chi connectivity index (χ3n) is 4.10. The van der Waals surface area contributed by atoms with E-state index < -0.39 is 0 Å². The number of hydrogen-bond acceptors (Lipinski definition) is 5. The average Bonchev–Trinajstić information content (AvgIpc) is 3.10. The Kier molecular flexibility index (Phi) is 6.47. The van der Waals surface area contributed by atoms with Crippen molar-refractivity contribution < 1.29 is 9.59 Å². The lowest BCUT2D eigenvalue weighted by Gasteiger charge is -2.17. The third kappa shape index (κ3) is 5.08. The molecule has 3 rings (SSSR count). The van der Waals surface area contributed by atoms with Gasteiger partial charge < -0.3 is 10.2 Å². The Morgan fingerprint density at radius 2 is 1.89 bits per heavy atom. The van der Waals surface area contributed by atoms with E-state index in [2.05, 4.69) is 16.4 Å². The number of thiazole rings is 1. The zero-order valence-electron chi connectivity index (χ0n) is 15.3. The predicted molar refractivity (Wildman–Crippen MR) is 111 cm³/mol. The van der Waals surface area contributed by atoms with Gasteiger partial charge in [0.05, 0.1) is 10.2 Å². The second-order valence-corrected chi connectivity index (χ2v) is 8.44. The molecule has 1 aromatic heterocycles. The molecule has 0 fully saturated rings. The molecule has 0 atom stereocenters. The molecule has 5 nitrogen and oxygen atoms in total. The molecule has 0 spiro atoms. The van der Waals surface area contributed by atoms with Crippen molar-refractivity contribution in [3.05, 3.63) is 59.7 Å². The summed E-state index contributed by atoms with van der Waals surface area (Å²) in [5, 5.41) is 2.59. The molecule has 140 valence electrons. The average molecular weight is 400 g/mol. The van der Waals surface area contributed by atoms with E-state index in [0.717, 1.165) is 15.4 Å². The lowest BCUT2D eigenvalue weighted by molar-refractivity contribution is -0.129.